The molecular formula is C13H18O3S. The lowest BCUT2D eigenvalue weighted by Gasteiger charge is -2.40. The number of benzene rings is 1. The highest BCUT2D eigenvalue weighted by molar-refractivity contribution is 7.90. The van der Waals surface area contributed by atoms with E-state index in [0.717, 1.165) is 24.8 Å². The van der Waals surface area contributed by atoms with Crippen molar-refractivity contribution in [2.75, 3.05) is 12.9 Å². The first-order valence-electron chi connectivity index (χ1n) is 5.85. The lowest BCUT2D eigenvalue weighted by molar-refractivity contribution is 0.0450. The maximum absolute atomic E-state index is 11.3. The summed E-state index contributed by atoms with van der Waals surface area (Å²) in [4.78, 5) is 0.355. The minimum atomic E-state index is -3.11. The lowest BCUT2D eigenvalue weighted by Crippen LogP contribution is -2.35. The highest BCUT2D eigenvalue weighted by Gasteiger charge is 2.36. The van der Waals surface area contributed by atoms with Gasteiger partial charge in [-0.1, -0.05) is 18.6 Å². The Labute approximate surface area is 102 Å². The molecule has 17 heavy (non-hydrogen) atoms. The van der Waals surface area contributed by atoms with Crippen molar-refractivity contribution in [3.8, 4) is 0 Å². The fourth-order valence-electron chi connectivity index (χ4n) is 2.36. The number of aliphatic hydroxyl groups is 1. The zero-order valence-electron chi connectivity index (χ0n) is 10.0. The van der Waals surface area contributed by atoms with E-state index in [1.165, 1.54) is 12.7 Å². The van der Waals surface area contributed by atoms with Gasteiger partial charge in [0.2, 0.25) is 0 Å². The Morgan fingerprint density at radius 2 is 1.82 bits per heavy atom. The second kappa shape index (κ2) is 4.42. The molecule has 0 spiro atoms. The van der Waals surface area contributed by atoms with Gasteiger partial charge in [-0.25, -0.2) is 8.42 Å². The summed E-state index contributed by atoms with van der Waals surface area (Å²) in [6.45, 7) is 0.223. The molecule has 1 aliphatic carbocycles. The van der Waals surface area contributed by atoms with E-state index >= 15 is 0 Å². The maximum atomic E-state index is 11.3. The van der Waals surface area contributed by atoms with E-state index in [2.05, 4.69) is 0 Å². The van der Waals surface area contributed by atoms with Gasteiger partial charge in [0.25, 0.3) is 0 Å². The van der Waals surface area contributed by atoms with Crippen molar-refractivity contribution in [1.82, 2.24) is 0 Å². The molecule has 3 nitrogen and oxygen atoms in total. The van der Waals surface area contributed by atoms with Gasteiger partial charge in [-0.3, -0.25) is 0 Å². The lowest BCUT2D eigenvalue weighted by atomic mass is 9.66. The molecule has 0 bridgehead atoms. The van der Waals surface area contributed by atoms with Crippen molar-refractivity contribution in [1.29, 1.82) is 0 Å². The average Bonchev–Trinajstić information content (AvgIpc) is 2.23. The summed E-state index contributed by atoms with van der Waals surface area (Å²) >= 11 is 0. The van der Waals surface area contributed by atoms with Crippen molar-refractivity contribution in [3.63, 3.8) is 0 Å². The van der Waals surface area contributed by atoms with E-state index < -0.39 is 9.84 Å². The summed E-state index contributed by atoms with van der Waals surface area (Å²) in [5.74, 6) is 0. The monoisotopic (exact) mass is 254 g/mol. The molecule has 1 saturated carbocycles. The fourth-order valence-corrected chi connectivity index (χ4v) is 2.99. The van der Waals surface area contributed by atoms with Gasteiger partial charge in [0.15, 0.2) is 9.84 Å². The van der Waals surface area contributed by atoms with Crippen LogP contribution in [0.15, 0.2) is 29.2 Å². The van der Waals surface area contributed by atoms with Crippen LogP contribution in [-0.2, 0) is 16.3 Å². The molecule has 0 aliphatic heterocycles. The number of hydrogen-bond donors (Lipinski definition) is 1. The second-order valence-electron chi connectivity index (χ2n) is 5.10. The largest absolute Gasteiger partial charge is 0.396 e. The van der Waals surface area contributed by atoms with E-state index in [1.54, 1.807) is 12.1 Å². The standard InChI is InChI=1S/C13H18O3S/c1-17(15,16)12-5-3-11(4-6-12)9-13(10-14)7-2-8-13/h3-6,14H,2,7-10H2,1H3. The normalized spacial score (nSPS) is 18.7. The minimum absolute atomic E-state index is 0.0482. The third kappa shape index (κ3) is 2.69. The van der Waals surface area contributed by atoms with Crippen LogP contribution in [0.5, 0.6) is 0 Å². The quantitative estimate of drug-likeness (QED) is 0.891. The van der Waals surface area contributed by atoms with Gasteiger partial charge in [-0.05, 0) is 42.4 Å². The zero-order chi connectivity index (χ0) is 12.5. The molecule has 0 amide bonds. The van der Waals surface area contributed by atoms with E-state index in [4.69, 9.17) is 0 Å². The molecule has 0 radical (unpaired) electrons. The van der Waals surface area contributed by atoms with Crippen molar-refractivity contribution in [2.24, 2.45) is 5.41 Å². The van der Waals surface area contributed by atoms with Crippen molar-refractivity contribution in [3.05, 3.63) is 29.8 Å². The van der Waals surface area contributed by atoms with Gasteiger partial charge in [-0.15, -0.1) is 0 Å². The minimum Gasteiger partial charge on any atom is -0.396 e. The SMILES string of the molecule is CS(=O)(=O)c1ccc(CC2(CO)CCC2)cc1. The molecule has 94 valence electrons. The van der Waals surface area contributed by atoms with E-state index in [1.807, 2.05) is 12.1 Å². The van der Waals surface area contributed by atoms with E-state index in [-0.39, 0.29) is 12.0 Å². The van der Waals surface area contributed by atoms with Gasteiger partial charge < -0.3 is 5.11 Å². The highest BCUT2D eigenvalue weighted by Crippen LogP contribution is 2.43. The smallest absolute Gasteiger partial charge is 0.175 e. The molecule has 0 heterocycles. The van der Waals surface area contributed by atoms with Crippen LogP contribution in [0.25, 0.3) is 0 Å². The van der Waals surface area contributed by atoms with Crippen LogP contribution in [0, 0.1) is 5.41 Å². The average molecular weight is 254 g/mol. The van der Waals surface area contributed by atoms with E-state index in [9.17, 15) is 13.5 Å². The van der Waals surface area contributed by atoms with Gasteiger partial charge >= 0.3 is 0 Å². The zero-order valence-corrected chi connectivity index (χ0v) is 10.8. The predicted molar refractivity (Wildman–Crippen MR) is 66.6 cm³/mol. The van der Waals surface area contributed by atoms with Crippen LogP contribution in [0.1, 0.15) is 24.8 Å². The summed E-state index contributed by atoms with van der Waals surface area (Å²) in [5.41, 5.74) is 1.15. The predicted octanol–water partition coefficient (Wildman–Crippen LogP) is 1.80. The van der Waals surface area contributed by atoms with Crippen LogP contribution >= 0.6 is 0 Å². The molecular weight excluding hydrogens is 236 g/mol. The third-order valence-electron chi connectivity index (χ3n) is 3.68. The molecule has 0 aromatic heterocycles. The molecule has 0 saturated heterocycles. The number of rotatable bonds is 4. The Morgan fingerprint density at radius 3 is 2.18 bits per heavy atom. The van der Waals surface area contributed by atoms with Crippen LogP contribution < -0.4 is 0 Å². The van der Waals surface area contributed by atoms with Crippen molar-refractivity contribution < 1.29 is 13.5 Å². The molecule has 2 rings (SSSR count). The van der Waals surface area contributed by atoms with Gasteiger partial charge in [-0.2, -0.15) is 0 Å². The molecule has 0 unspecified atom stereocenters. The number of aliphatic hydroxyl groups excluding tert-OH is 1. The van der Waals surface area contributed by atoms with Crippen LogP contribution in [0.3, 0.4) is 0 Å². The summed E-state index contributed by atoms with van der Waals surface area (Å²) < 4.78 is 22.6. The second-order valence-corrected chi connectivity index (χ2v) is 7.12. The first-order chi connectivity index (χ1) is 7.95. The van der Waals surface area contributed by atoms with Gasteiger partial charge in [0, 0.05) is 12.9 Å². The fraction of sp³-hybridized carbons (Fsp3) is 0.538. The molecule has 1 aromatic carbocycles. The first-order valence-corrected chi connectivity index (χ1v) is 7.74. The molecule has 0 atom stereocenters. The number of hydrogen-bond acceptors (Lipinski definition) is 3. The molecule has 1 aliphatic rings. The third-order valence-corrected chi connectivity index (χ3v) is 4.81. The van der Waals surface area contributed by atoms with E-state index in [0.29, 0.717) is 4.90 Å². The Bertz CT molecular complexity index is 478. The Hall–Kier alpha value is -0.870. The summed E-state index contributed by atoms with van der Waals surface area (Å²) in [6, 6.07) is 7.00. The molecule has 1 fully saturated rings. The van der Waals surface area contributed by atoms with Crippen LogP contribution in [-0.4, -0.2) is 26.4 Å². The van der Waals surface area contributed by atoms with Crippen LogP contribution in [0.2, 0.25) is 0 Å². The molecule has 1 N–H and O–H groups in total. The summed E-state index contributed by atoms with van der Waals surface area (Å²) in [7, 11) is -3.11. The molecule has 4 heteroatoms. The van der Waals surface area contributed by atoms with Crippen LogP contribution in [0.4, 0.5) is 0 Å². The van der Waals surface area contributed by atoms with Crippen molar-refractivity contribution >= 4 is 9.84 Å². The van der Waals surface area contributed by atoms with Gasteiger partial charge in [0.05, 0.1) is 4.90 Å². The topological polar surface area (TPSA) is 54.4 Å². The molecule has 1 aromatic rings. The maximum Gasteiger partial charge on any atom is 0.175 e. The Balaban J connectivity index is 2.14. The highest BCUT2D eigenvalue weighted by atomic mass is 32.2. The van der Waals surface area contributed by atoms with Crippen molar-refractivity contribution in [2.45, 2.75) is 30.6 Å². The first kappa shape index (κ1) is 12.6. The summed E-state index contributed by atoms with van der Waals surface area (Å²) in [6.07, 6.45) is 5.37. The summed E-state index contributed by atoms with van der Waals surface area (Å²) in [5, 5.41) is 9.39. The Morgan fingerprint density at radius 1 is 1.24 bits per heavy atom. The van der Waals surface area contributed by atoms with Gasteiger partial charge in [0.1, 0.15) is 0 Å². The Kier molecular flexibility index (Phi) is 3.27. The number of sulfone groups is 1.